The number of hydrogen-bond donors (Lipinski definition) is 2. The third kappa shape index (κ3) is 7.82. The summed E-state index contributed by atoms with van der Waals surface area (Å²) in [5.74, 6) is 0.0376. The monoisotopic (exact) mass is 272 g/mol. The highest BCUT2D eigenvalue weighted by Gasteiger charge is 2.20. The van der Waals surface area contributed by atoms with Crippen LogP contribution in [-0.2, 0) is 9.59 Å². The van der Waals surface area contributed by atoms with Crippen LogP contribution in [0.3, 0.4) is 0 Å². The number of carbonyl (C=O) groups is 2. The summed E-state index contributed by atoms with van der Waals surface area (Å²) < 4.78 is 0. The number of carboxylic acid groups (broad SMARTS) is 1. The van der Waals surface area contributed by atoms with Crippen molar-refractivity contribution >= 4 is 11.9 Å². The van der Waals surface area contributed by atoms with Crippen molar-refractivity contribution in [1.82, 2.24) is 10.2 Å². The van der Waals surface area contributed by atoms with E-state index in [0.29, 0.717) is 12.3 Å². The fraction of sp³-hybridized carbons (Fsp3) is 0.857. The van der Waals surface area contributed by atoms with Gasteiger partial charge in [-0.25, -0.2) is 0 Å². The molecule has 112 valence electrons. The lowest BCUT2D eigenvalue weighted by Gasteiger charge is -2.19. The van der Waals surface area contributed by atoms with Gasteiger partial charge in [-0.05, 0) is 39.2 Å². The van der Waals surface area contributed by atoms with E-state index in [9.17, 15) is 9.59 Å². The van der Waals surface area contributed by atoms with E-state index in [1.807, 2.05) is 18.7 Å². The molecule has 0 spiro atoms. The Morgan fingerprint density at radius 3 is 2.16 bits per heavy atom. The molecule has 0 bridgehead atoms. The predicted molar refractivity (Wildman–Crippen MR) is 76.0 cm³/mol. The molecule has 1 amide bonds. The Hall–Kier alpha value is -1.10. The zero-order chi connectivity index (χ0) is 14.8. The van der Waals surface area contributed by atoms with E-state index in [1.54, 1.807) is 0 Å². The van der Waals surface area contributed by atoms with E-state index in [1.165, 1.54) is 0 Å². The first-order chi connectivity index (χ1) is 8.92. The summed E-state index contributed by atoms with van der Waals surface area (Å²) in [6.45, 7) is 10.7. The molecule has 0 radical (unpaired) electrons. The molecule has 0 aromatic rings. The van der Waals surface area contributed by atoms with Crippen LogP contribution in [0.1, 0.15) is 47.0 Å². The average Bonchev–Trinajstić information content (AvgIpc) is 2.84. The molecule has 1 aliphatic heterocycles. The van der Waals surface area contributed by atoms with Crippen molar-refractivity contribution in [2.24, 2.45) is 5.92 Å². The number of nitrogens with one attached hydrogen (secondary N) is 1. The molecular weight excluding hydrogens is 244 g/mol. The second-order valence-electron chi connectivity index (χ2n) is 5.15. The van der Waals surface area contributed by atoms with Gasteiger partial charge in [0.1, 0.15) is 6.04 Å². The summed E-state index contributed by atoms with van der Waals surface area (Å²) in [7, 11) is 0. The zero-order valence-electron chi connectivity index (χ0n) is 12.6. The van der Waals surface area contributed by atoms with Gasteiger partial charge >= 0.3 is 5.97 Å². The molecule has 1 heterocycles. The van der Waals surface area contributed by atoms with E-state index in [4.69, 9.17) is 5.11 Å². The first-order valence-corrected chi connectivity index (χ1v) is 7.16. The van der Waals surface area contributed by atoms with Crippen LogP contribution < -0.4 is 5.32 Å². The third-order valence-corrected chi connectivity index (χ3v) is 3.06. The van der Waals surface area contributed by atoms with Crippen LogP contribution >= 0.6 is 0 Å². The maximum atomic E-state index is 11.3. The Morgan fingerprint density at radius 2 is 1.89 bits per heavy atom. The third-order valence-electron chi connectivity index (χ3n) is 3.06. The SMILES string of the molecule is CCN(CC)C(=O)CC(C)C.O=C(O)C1CCCN1. The van der Waals surface area contributed by atoms with Gasteiger partial charge in [0.25, 0.3) is 0 Å². The minimum atomic E-state index is -0.720. The fourth-order valence-electron chi connectivity index (χ4n) is 1.95. The quantitative estimate of drug-likeness (QED) is 0.799. The van der Waals surface area contributed by atoms with Gasteiger partial charge in [0.2, 0.25) is 5.91 Å². The standard InChI is InChI=1S/C9H19NO.C5H9NO2/c1-5-10(6-2)9(11)7-8(3)4;7-5(8)4-2-1-3-6-4/h8H,5-7H2,1-4H3;4,6H,1-3H2,(H,7,8). The molecule has 0 aliphatic carbocycles. The summed E-state index contributed by atoms with van der Waals surface area (Å²) in [5.41, 5.74) is 0. The van der Waals surface area contributed by atoms with Crippen molar-refractivity contribution in [3.8, 4) is 0 Å². The Labute approximate surface area is 116 Å². The summed E-state index contributed by atoms with van der Waals surface area (Å²) in [6.07, 6.45) is 2.47. The first kappa shape index (κ1) is 17.9. The number of hydrogen-bond acceptors (Lipinski definition) is 3. The minimum absolute atomic E-state index is 0.269. The Bertz CT molecular complexity index is 270. The van der Waals surface area contributed by atoms with Crippen molar-refractivity contribution < 1.29 is 14.7 Å². The molecule has 1 fully saturated rings. The summed E-state index contributed by atoms with van der Waals surface area (Å²) in [6, 6.07) is -0.269. The van der Waals surface area contributed by atoms with Crippen LogP contribution in [-0.4, -0.2) is 47.6 Å². The Balaban J connectivity index is 0.000000356. The largest absolute Gasteiger partial charge is 0.480 e. The van der Waals surface area contributed by atoms with Crippen LogP contribution in [0, 0.1) is 5.92 Å². The van der Waals surface area contributed by atoms with Crippen molar-refractivity contribution in [2.45, 2.75) is 53.0 Å². The van der Waals surface area contributed by atoms with E-state index < -0.39 is 5.97 Å². The molecule has 19 heavy (non-hydrogen) atoms. The molecule has 5 heteroatoms. The second-order valence-corrected chi connectivity index (χ2v) is 5.15. The van der Waals surface area contributed by atoms with Gasteiger partial charge in [-0.3, -0.25) is 9.59 Å². The van der Waals surface area contributed by atoms with Crippen LogP contribution in [0.5, 0.6) is 0 Å². The topological polar surface area (TPSA) is 69.6 Å². The van der Waals surface area contributed by atoms with Gasteiger partial charge in [0.15, 0.2) is 0 Å². The summed E-state index contributed by atoms with van der Waals surface area (Å²) in [4.78, 5) is 23.4. The Kier molecular flexibility index (Phi) is 9.21. The van der Waals surface area contributed by atoms with Crippen LogP contribution in [0.2, 0.25) is 0 Å². The van der Waals surface area contributed by atoms with E-state index in [-0.39, 0.29) is 11.9 Å². The maximum absolute atomic E-state index is 11.3. The van der Waals surface area contributed by atoms with Gasteiger partial charge in [-0.15, -0.1) is 0 Å². The molecule has 2 N–H and O–H groups in total. The van der Waals surface area contributed by atoms with Crippen molar-refractivity contribution in [3.05, 3.63) is 0 Å². The molecule has 5 nitrogen and oxygen atoms in total. The maximum Gasteiger partial charge on any atom is 0.320 e. The van der Waals surface area contributed by atoms with Gasteiger partial charge in [-0.1, -0.05) is 13.8 Å². The number of aliphatic carboxylic acids is 1. The molecule has 1 aliphatic rings. The van der Waals surface area contributed by atoms with Crippen molar-refractivity contribution in [3.63, 3.8) is 0 Å². The molecule has 0 aromatic heterocycles. The molecule has 1 rings (SSSR count). The predicted octanol–water partition coefficient (Wildman–Crippen LogP) is 1.72. The molecule has 1 atom stereocenters. The summed E-state index contributed by atoms with van der Waals surface area (Å²) >= 11 is 0. The number of amides is 1. The molecular formula is C14H28N2O3. The van der Waals surface area contributed by atoms with Crippen LogP contribution in [0.25, 0.3) is 0 Å². The lowest BCUT2D eigenvalue weighted by atomic mass is 10.1. The number of carboxylic acids is 1. The highest BCUT2D eigenvalue weighted by molar-refractivity contribution is 5.76. The number of nitrogens with zero attached hydrogens (tertiary/aromatic N) is 1. The highest BCUT2D eigenvalue weighted by atomic mass is 16.4. The van der Waals surface area contributed by atoms with Crippen LogP contribution in [0.15, 0.2) is 0 Å². The Morgan fingerprint density at radius 1 is 1.32 bits per heavy atom. The normalized spacial score (nSPS) is 17.8. The first-order valence-electron chi connectivity index (χ1n) is 7.16. The van der Waals surface area contributed by atoms with Gasteiger partial charge in [-0.2, -0.15) is 0 Å². The second kappa shape index (κ2) is 9.78. The lowest BCUT2D eigenvalue weighted by molar-refractivity contribution is -0.139. The molecule has 1 saturated heterocycles. The lowest BCUT2D eigenvalue weighted by Crippen LogP contribution is -2.31. The average molecular weight is 272 g/mol. The van der Waals surface area contributed by atoms with Crippen molar-refractivity contribution in [2.75, 3.05) is 19.6 Å². The smallest absolute Gasteiger partial charge is 0.320 e. The molecule has 0 saturated carbocycles. The van der Waals surface area contributed by atoms with Gasteiger partial charge in [0.05, 0.1) is 0 Å². The molecule has 1 unspecified atom stereocenters. The van der Waals surface area contributed by atoms with Crippen LogP contribution in [0.4, 0.5) is 0 Å². The minimum Gasteiger partial charge on any atom is -0.480 e. The number of carbonyl (C=O) groups excluding carboxylic acids is 1. The molecule has 0 aromatic carbocycles. The van der Waals surface area contributed by atoms with Crippen molar-refractivity contribution in [1.29, 1.82) is 0 Å². The highest BCUT2D eigenvalue weighted by Crippen LogP contribution is 2.04. The fourth-order valence-corrected chi connectivity index (χ4v) is 1.95. The zero-order valence-corrected chi connectivity index (χ0v) is 12.6. The van der Waals surface area contributed by atoms with E-state index in [2.05, 4.69) is 19.2 Å². The number of rotatable bonds is 5. The summed E-state index contributed by atoms with van der Waals surface area (Å²) in [5, 5.41) is 11.2. The van der Waals surface area contributed by atoms with Gasteiger partial charge < -0.3 is 15.3 Å². The van der Waals surface area contributed by atoms with E-state index >= 15 is 0 Å². The van der Waals surface area contributed by atoms with Gasteiger partial charge in [0, 0.05) is 19.5 Å². The van der Waals surface area contributed by atoms with E-state index in [0.717, 1.165) is 32.5 Å².